The number of nitro groups is 1. The Labute approximate surface area is 176 Å². The molecule has 0 spiro atoms. The molecule has 0 fully saturated rings. The molecule has 158 valence electrons. The van der Waals surface area contributed by atoms with E-state index in [9.17, 15) is 14.9 Å². The average Bonchev–Trinajstić information content (AvgIpc) is 3.09. The van der Waals surface area contributed by atoms with E-state index in [0.717, 1.165) is 5.52 Å². The van der Waals surface area contributed by atoms with E-state index in [1.54, 1.807) is 24.3 Å². The largest absolute Gasteiger partial charge is 0.497 e. The normalized spacial score (nSPS) is 11.6. The predicted octanol–water partition coefficient (Wildman–Crippen LogP) is 3.41. The minimum absolute atomic E-state index is 0.0203. The third kappa shape index (κ3) is 4.50. The number of thiazole rings is 1. The average molecular weight is 431 g/mol. The number of amides is 1. The van der Waals surface area contributed by atoms with Crippen molar-refractivity contribution in [2.24, 2.45) is 4.99 Å². The molecule has 0 saturated heterocycles. The molecule has 2 aromatic carbocycles. The van der Waals surface area contributed by atoms with Gasteiger partial charge in [-0.15, -0.1) is 0 Å². The molecule has 1 amide bonds. The van der Waals surface area contributed by atoms with Gasteiger partial charge in [-0.2, -0.15) is 4.99 Å². The molecule has 1 heterocycles. The van der Waals surface area contributed by atoms with E-state index >= 15 is 0 Å². The Kier molecular flexibility index (Phi) is 6.80. The van der Waals surface area contributed by atoms with Crippen LogP contribution in [-0.4, -0.2) is 42.8 Å². The van der Waals surface area contributed by atoms with Gasteiger partial charge in [-0.3, -0.25) is 14.9 Å². The number of fused-ring (bicyclic) bond motifs is 1. The van der Waals surface area contributed by atoms with Crippen LogP contribution in [0.1, 0.15) is 17.3 Å². The van der Waals surface area contributed by atoms with Gasteiger partial charge in [0.1, 0.15) is 11.5 Å². The molecule has 0 aliphatic heterocycles. The van der Waals surface area contributed by atoms with E-state index in [4.69, 9.17) is 14.2 Å². The standard InChI is InChI=1S/C20H21N3O6S/c1-4-29-10-9-22-16-7-5-13(23(25)26)11-18(16)30-20(22)21-19(24)15-12-14(27-2)6-8-17(15)28-3/h5-8,11-12H,4,9-10H2,1-3H3. The van der Waals surface area contributed by atoms with E-state index in [0.29, 0.717) is 40.8 Å². The number of aromatic nitrogens is 1. The molecule has 10 heteroatoms. The zero-order chi connectivity index (χ0) is 21.7. The number of non-ortho nitro benzene ring substituents is 1. The van der Waals surface area contributed by atoms with Gasteiger partial charge in [-0.25, -0.2) is 0 Å². The van der Waals surface area contributed by atoms with Crippen LogP contribution in [-0.2, 0) is 11.3 Å². The van der Waals surface area contributed by atoms with Crippen molar-refractivity contribution < 1.29 is 23.9 Å². The zero-order valence-corrected chi connectivity index (χ0v) is 17.6. The summed E-state index contributed by atoms with van der Waals surface area (Å²) in [6, 6.07) is 9.46. The number of nitrogens with zero attached hydrogens (tertiary/aromatic N) is 3. The van der Waals surface area contributed by atoms with Gasteiger partial charge in [-0.1, -0.05) is 11.3 Å². The molecule has 0 radical (unpaired) electrons. The maximum atomic E-state index is 12.9. The van der Waals surface area contributed by atoms with E-state index < -0.39 is 10.8 Å². The first-order valence-electron chi connectivity index (χ1n) is 9.15. The first kappa shape index (κ1) is 21.5. The molecular formula is C20H21N3O6S. The monoisotopic (exact) mass is 431 g/mol. The minimum atomic E-state index is -0.503. The Morgan fingerprint density at radius 2 is 2.00 bits per heavy atom. The Bertz CT molecular complexity index is 1150. The molecule has 30 heavy (non-hydrogen) atoms. The van der Waals surface area contributed by atoms with Crippen LogP contribution in [0.2, 0.25) is 0 Å². The van der Waals surface area contributed by atoms with E-state index in [2.05, 4.69) is 4.99 Å². The summed E-state index contributed by atoms with van der Waals surface area (Å²) in [6.07, 6.45) is 0. The number of benzene rings is 2. The third-order valence-corrected chi connectivity index (χ3v) is 5.42. The number of rotatable bonds is 8. The summed E-state index contributed by atoms with van der Waals surface area (Å²) < 4.78 is 18.4. The number of carbonyl (C=O) groups is 1. The number of nitro benzene ring substituents is 1. The lowest BCUT2D eigenvalue weighted by molar-refractivity contribution is -0.384. The molecule has 1 aromatic heterocycles. The second kappa shape index (κ2) is 9.51. The van der Waals surface area contributed by atoms with Crippen LogP contribution in [0.4, 0.5) is 5.69 Å². The topological polar surface area (TPSA) is 105 Å². The van der Waals surface area contributed by atoms with Crippen molar-refractivity contribution in [3.63, 3.8) is 0 Å². The van der Waals surface area contributed by atoms with Crippen molar-refractivity contribution in [1.29, 1.82) is 0 Å². The zero-order valence-electron chi connectivity index (χ0n) is 16.8. The lowest BCUT2D eigenvalue weighted by Crippen LogP contribution is -2.20. The molecule has 0 aliphatic carbocycles. The van der Waals surface area contributed by atoms with Crippen LogP contribution in [0.3, 0.4) is 0 Å². The summed E-state index contributed by atoms with van der Waals surface area (Å²) in [7, 11) is 2.98. The van der Waals surface area contributed by atoms with Gasteiger partial charge in [0.15, 0.2) is 4.80 Å². The van der Waals surface area contributed by atoms with Crippen molar-refractivity contribution in [3.05, 3.63) is 56.9 Å². The van der Waals surface area contributed by atoms with E-state index in [1.165, 1.54) is 37.7 Å². The molecule has 0 N–H and O–H groups in total. The second-order valence-corrected chi connectivity index (χ2v) is 7.13. The quantitative estimate of drug-likeness (QED) is 0.307. The van der Waals surface area contributed by atoms with Crippen molar-refractivity contribution in [1.82, 2.24) is 4.57 Å². The Morgan fingerprint density at radius 3 is 2.67 bits per heavy atom. The number of hydrogen-bond donors (Lipinski definition) is 0. The summed E-state index contributed by atoms with van der Waals surface area (Å²) in [6.45, 7) is 3.32. The first-order valence-corrected chi connectivity index (χ1v) is 9.96. The minimum Gasteiger partial charge on any atom is -0.497 e. The summed E-state index contributed by atoms with van der Waals surface area (Å²) in [5.74, 6) is 0.379. The van der Waals surface area contributed by atoms with Crippen LogP contribution >= 0.6 is 11.3 Å². The summed E-state index contributed by atoms with van der Waals surface area (Å²) >= 11 is 1.20. The first-order chi connectivity index (χ1) is 14.5. The number of hydrogen-bond acceptors (Lipinski definition) is 7. The number of methoxy groups -OCH3 is 2. The molecule has 0 unspecified atom stereocenters. The van der Waals surface area contributed by atoms with E-state index in [1.807, 2.05) is 11.5 Å². The molecule has 9 nitrogen and oxygen atoms in total. The third-order valence-electron chi connectivity index (χ3n) is 4.37. The van der Waals surface area contributed by atoms with Crippen LogP contribution in [0.5, 0.6) is 11.5 Å². The van der Waals surface area contributed by atoms with Gasteiger partial charge < -0.3 is 18.8 Å². The molecule has 0 bridgehead atoms. The highest BCUT2D eigenvalue weighted by Gasteiger charge is 2.16. The molecule has 3 rings (SSSR count). The lowest BCUT2D eigenvalue weighted by Gasteiger charge is -2.08. The van der Waals surface area contributed by atoms with Crippen molar-refractivity contribution in [2.75, 3.05) is 27.4 Å². The van der Waals surface area contributed by atoms with Crippen LogP contribution in [0.25, 0.3) is 10.2 Å². The van der Waals surface area contributed by atoms with Crippen LogP contribution < -0.4 is 14.3 Å². The summed E-state index contributed by atoms with van der Waals surface area (Å²) in [4.78, 5) is 28.3. The summed E-state index contributed by atoms with van der Waals surface area (Å²) in [5, 5.41) is 11.1. The van der Waals surface area contributed by atoms with Gasteiger partial charge in [0, 0.05) is 25.3 Å². The van der Waals surface area contributed by atoms with Crippen molar-refractivity contribution >= 4 is 33.1 Å². The number of carbonyl (C=O) groups excluding carboxylic acids is 1. The predicted molar refractivity (Wildman–Crippen MR) is 112 cm³/mol. The SMILES string of the molecule is CCOCCn1c(=NC(=O)c2cc(OC)ccc2OC)sc2cc([N+](=O)[O-])ccc21. The second-order valence-electron chi connectivity index (χ2n) is 6.13. The van der Waals surface area contributed by atoms with Crippen molar-refractivity contribution in [2.45, 2.75) is 13.5 Å². The van der Waals surface area contributed by atoms with Gasteiger partial charge >= 0.3 is 0 Å². The lowest BCUT2D eigenvalue weighted by atomic mass is 10.2. The highest BCUT2D eigenvalue weighted by atomic mass is 32.1. The Balaban J connectivity index is 2.13. The van der Waals surface area contributed by atoms with Gasteiger partial charge in [-0.05, 0) is 31.2 Å². The maximum Gasteiger partial charge on any atom is 0.283 e. The fraction of sp³-hybridized carbons (Fsp3) is 0.300. The molecular weight excluding hydrogens is 410 g/mol. The van der Waals surface area contributed by atoms with Gasteiger partial charge in [0.25, 0.3) is 11.6 Å². The maximum absolute atomic E-state index is 12.9. The molecule has 0 saturated carbocycles. The van der Waals surface area contributed by atoms with E-state index in [-0.39, 0.29) is 11.3 Å². The Morgan fingerprint density at radius 1 is 1.20 bits per heavy atom. The highest BCUT2D eigenvalue weighted by molar-refractivity contribution is 7.16. The molecule has 3 aromatic rings. The number of ether oxygens (including phenoxy) is 3. The smallest absolute Gasteiger partial charge is 0.283 e. The fourth-order valence-electron chi connectivity index (χ4n) is 2.91. The highest BCUT2D eigenvalue weighted by Crippen LogP contribution is 2.26. The van der Waals surface area contributed by atoms with Crippen LogP contribution in [0, 0.1) is 10.1 Å². The van der Waals surface area contributed by atoms with Gasteiger partial charge in [0.05, 0.1) is 41.5 Å². The van der Waals surface area contributed by atoms with Crippen LogP contribution in [0.15, 0.2) is 41.4 Å². The molecule has 0 aliphatic rings. The summed E-state index contributed by atoms with van der Waals surface area (Å²) in [5.41, 5.74) is 0.985. The fourth-order valence-corrected chi connectivity index (χ4v) is 3.99. The van der Waals surface area contributed by atoms with Crippen molar-refractivity contribution in [3.8, 4) is 11.5 Å². The van der Waals surface area contributed by atoms with Gasteiger partial charge in [0.2, 0.25) is 0 Å². The Hall–Kier alpha value is -3.24. The molecule has 0 atom stereocenters.